The molecule has 28 heavy (non-hydrogen) atoms. The van der Waals surface area contributed by atoms with E-state index in [4.69, 9.17) is 4.74 Å². The van der Waals surface area contributed by atoms with E-state index in [1.54, 1.807) is 0 Å². The second-order valence-corrected chi connectivity index (χ2v) is 11.1. The van der Waals surface area contributed by atoms with Gasteiger partial charge in [-0.15, -0.1) is 0 Å². The van der Waals surface area contributed by atoms with Gasteiger partial charge in [-0.05, 0) is 42.9 Å². The topological polar surface area (TPSA) is 32.8 Å². The predicted octanol–water partition coefficient (Wildman–Crippen LogP) is 5.19. The van der Waals surface area contributed by atoms with E-state index >= 15 is 0 Å². The summed E-state index contributed by atoms with van der Waals surface area (Å²) >= 11 is 0. The quantitative estimate of drug-likeness (QED) is 0.637. The summed E-state index contributed by atoms with van der Waals surface area (Å²) in [6.45, 7) is 7.41. The Morgan fingerprint density at radius 3 is 2.39 bits per heavy atom. The molecule has 3 aliphatic rings. The second kappa shape index (κ2) is 8.98. The highest BCUT2D eigenvalue weighted by molar-refractivity contribution is 7.65. The highest BCUT2D eigenvalue weighted by Crippen LogP contribution is 2.63. The van der Waals surface area contributed by atoms with Crippen molar-refractivity contribution in [3.8, 4) is 0 Å². The smallest absolute Gasteiger partial charge is 0.176 e. The molecule has 5 heteroatoms. The summed E-state index contributed by atoms with van der Waals surface area (Å²) in [6, 6.07) is 10.6. The fraction of sp³-hybridized carbons (Fsp3) is 0.565. The van der Waals surface area contributed by atoms with Gasteiger partial charge in [-0.2, -0.15) is 0 Å². The number of ether oxygens (including phenoxy) is 1. The number of morpholine rings is 1. The highest BCUT2D eigenvalue weighted by atomic mass is 31.2. The van der Waals surface area contributed by atoms with E-state index in [1.165, 1.54) is 41.4 Å². The largest absolute Gasteiger partial charge is 0.378 e. The first-order valence-electron chi connectivity index (χ1n) is 10.9. The standard InChI is InChI=1S/C23H33N2O2P/c1-2-28(26,25-13-7-4-8-14-25)22-12-11-21(19-20-9-5-3-6-10-20)23(22)24-15-17-27-18-16-24/h3,5-6,9-10,19H,2,4,7-8,11-18H2,1H3/b21-19+. The predicted molar refractivity (Wildman–Crippen MR) is 117 cm³/mol. The number of benzene rings is 1. The minimum absolute atomic E-state index is 0.745. The molecule has 4 rings (SSSR count). The molecule has 4 nitrogen and oxygen atoms in total. The molecule has 152 valence electrons. The van der Waals surface area contributed by atoms with E-state index in [1.807, 2.05) is 0 Å². The van der Waals surface area contributed by atoms with E-state index in [0.717, 1.165) is 58.4 Å². The molecule has 0 bridgehead atoms. The molecule has 1 aromatic carbocycles. The monoisotopic (exact) mass is 400 g/mol. The van der Waals surface area contributed by atoms with Crippen LogP contribution in [0.25, 0.3) is 6.08 Å². The number of piperidine rings is 1. The van der Waals surface area contributed by atoms with Gasteiger partial charge in [-0.1, -0.05) is 43.7 Å². The van der Waals surface area contributed by atoms with Crippen LogP contribution in [0.15, 0.2) is 46.9 Å². The zero-order valence-corrected chi connectivity index (χ0v) is 18.0. The Morgan fingerprint density at radius 1 is 1.00 bits per heavy atom. The van der Waals surface area contributed by atoms with Gasteiger partial charge in [0.2, 0.25) is 0 Å². The molecule has 0 radical (unpaired) electrons. The van der Waals surface area contributed by atoms with Gasteiger partial charge in [-0.25, -0.2) is 4.67 Å². The molecule has 0 aromatic heterocycles. The van der Waals surface area contributed by atoms with Crippen molar-refractivity contribution in [2.24, 2.45) is 0 Å². The summed E-state index contributed by atoms with van der Waals surface area (Å²) in [7, 11) is -2.50. The van der Waals surface area contributed by atoms with Crippen LogP contribution < -0.4 is 0 Å². The number of allylic oxidation sites excluding steroid dienone is 2. The van der Waals surface area contributed by atoms with Crippen LogP contribution in [0.1, 0.15) is 44.6 Å². The third-order valence-corrected chi connectivity index (χ3v) is 9.77. The first-order valence-corrected chi connectivity index (χ1v) is 12.7. The van der Waals surface area contributed by atoms with Crippen LogP contribution in [0.3, 0.4) is 0 Å². The van der Waals surface area contributed by atoms with Gasteiger partial charge in [0.25, 0.3) is 0 Å². The van der Waals surface area contributed by atoms with Gasteiger partial charge >= 0.3 is 0 Å². The molecule has 2 saturated heterocycles. The lowest BCUT2D eigenvalue weighted by Gasteiger charge is -2.38. The summed E-state index contributed by atoms with van der Waals surface area (Å²) in [5.74, 6) is 0. The molecular formula is C23H33N2O2P. The SMILES string of the molecule is CCP(=O)(C1=C(N2CCOCC2)/C(=C/c2ccccc2)CC1)N1CCCCC1. The van der Waals surface area contributed by atoms with E-state index < -0.39 is 7.29 Å². The lowest BCUT2D eigenvalue weighted by molar-refractivity contribution is 0.0548. The van der Waals surface area contributed by atoms with Crippen molar-refractivity contribution in [3.63, 3.8) is 0 Å². The van der Waals surface area contributed by atoms with E-state index in [0.29, 0.717) is 0 Å². The molecule has 0 saturated carbocycles. The first kappa shape index (κ1) is 19.9. The number of hydrogen-bond acceptors (Lipinski definition) is 3. The molecule has 0 N–H and O–H groups in total. The number of nitrogens with zero attached hydrogens (tertiary/aromatic N) is 2. The molecule has 2 fully saturated rings. The molecule has 2 aliphatic heterocycles. The maximum Gasteiger partial charge on any atom is 0.176 e. The van der Waals surface area contributed by atoms with Crippen molar-refractivity contribution < 1.29 is 9.30 Å². The van der Waals surface area contributed by atoms with Crippen LogP contribution in [0.5, 0.6) is 0 Å². The molecule has 0 spiro atoms. The summed E-state index contributed by atoms with van der Waals surface area (Å²) < 4.78 is 22.3. The maximum atomic E-state index is 14.4. The Morgan fingerprint density at radius 2 is 1.71 bits per heavy atom. The van der Waals surface area contributed by atoms with E-state index in [-0.39, 0.29) is 0 Å². The lowest BCUT2D eigenvalue weighted by Crippen LogP contribution is -2.36. The molecule has 1 unspecified atom stereocenters. The number of rotatable bonds is 5. The Bertz CT molecular complexity index is 775. The van der Waals surface area contributed by atoms with Crippen LogP contribution in [-0.2, 0) is 9.30 Å². The van der Waals surface area contributed by atoms with E-state index in [9.17, 15) is 4.57 Å². The minimum Gasteiger partial charge on any atom is -0.378 e. The average molecular weight is 401 g/mol. The normalized spacial score (nSPS) is 25.3. The molecular weight excluding hydrogens is 367 g/mol. The zero-order chi connectivity index (χ0) is 19.4. The highest BCUT2D eigenvalue weighted by Gasteiger charge is 2.40. The lowest BCUT2D eigenvalue weighted by atomic mass is 10.1. The van der Waals surface area contributed by atoms with Crippen molar-refractivity contribution in [2.75, 3.05) is 45.6 Å². The Kier molecular flexibility index (Phi) is 6.40. The summed E-state index contributed by atoms with van der Waals surface area (Å²) in [5.41, 5.74) is 3.87. The van der Waals surface area contributed by atoms with Crippen LogP contribution in [0.4, 0.5) is 0 Å². The minimum atomic E-state index is -2.50. The third kappa shape index (κ3) is 4.01. The Labute approximate surface area is 169 Å². The van der Waals surface area contributed by atoms with Crippen LogP contribution in [0.2, 0.25) is 0 Å². The average Bonchev–Trinajstić information content (AvgIpc) is 3.19. The third-order valence-electron chi connectivity index (χ3n) is 6.32. The van der Waals surface area contributed by atoms with Crippen LogP contribution in [0, 0.1) is 0 Å². The Balaban J connectivity index is 1.76. The van der Waals surface area contributed by atoms with Gasteiger partial charge in [0.05, 0.1) is 13.2 Å². The van der Waals surface area contributed by atoms with Gasteiger partial charge in [0.1, 0.15) is 0 Å². The number of hydrogen-bond donors (Lipinski definition) is 0. The van der Waals surface area contributed by atoms with Crippen molar-refractivity contribution >= 4 is 13.4 Å². The second-order valence-electron chi connectivity index (χ2n) is 8.01. The van der Waals surface area contributed by atoms with Crippen LogP contribution >= 0.6 is 7.29 Å². The molecule has 1 aromatic rings. The Hall–Kier alpha value is -1.35. The molecule has 2 heterocycles. The van der Waals surface area contributed by atoms with Gasteiger partial charge < -0.3 is 14.2 Å². The molecule has 0 amide bonds. The fourth-order valence-electron chi connectivity index (χ4n) is 4.84. The zero-order valence-electron chi connectivity index (χ0n) is 17.1. The van der Waals surface area contributed by atoms with Gasteiger partial charge in [-0.3, -0.25) is 0 Å². The summed E-state index contributed by atoms with van der Waals surface area (Å²) in [4.78, 5) is 2.45. The van der Waals surface area contributed by atoms with Crippen molar-refractivity contribution in [3.05, 3.63) is 52.5 Å². The van der Waals surface area contributed by atoms with Crippen molar-refractivity contribution in [2.45, 2.75) is 39.0 Å². The van der Waals surface area contributed by atoms with Crippen molar-refractivity contribution in [1.82, 2.24) is 9.57 Å². The summed E-state index contributed by atoms with van der Waals surface area (Å²) in [5, 5.41) is 1.24. The van der Waals surface area contributed by atoms with Crippen molar-refractivity contribution in [1.29, 1.82) is 0 Å². The van der Waals surface area contributed by atoms with E-state index in [2.05, 4.69) is 52.9 Å². The molecule has 1 atom stereocenters. The van der Waals surface area contributed by atoms with Gasteiger partial charge in [0, 0.05) is 43.4 Å². The van der Waals surface area contributed by atoms with Gasteiger partial charge in [0.15, 0.2) is 7.29 Å². The maximum absolute atomic E-state index is 14.4. The summed E-state index contributed by atoms with van der Waals surface area (Å²) in [6.07, 6.45) is 8.62. The van der Waals surface area contributed by atoms with Crippen LogP contribution in [-0.4, -0.2) is 55.1 Å². The first-order chi connectivity index (χ1) is 13.7. The fourth-order valence-corrected chi connectivity index (χ4v) is 7.97. The molecule has 1 aliphatic carbocycles.